The van der Waals surface area contributed by atoms with Crippen LogP contribution in [0.3, 0.4) is 0 Å². The summed E-state index contributed by atoms with van der Waals surface area (Å²) in [6.45, 7) is 3.58. The summed E-state index contributed by atoms with van der Waals surface area (Å²) < 4.78 is 3.69. The molecule has 100 valence electrons. The first kappa shape index (κ1) is 12.0. The molecule has 19 heavy (non-hydrogen) atoms. The molecule has 0 saturated heterocycles. The van der Waals surface area contributed by atoms with E-state index in [1.165, 1.54) is 0 Å². The first-order valence-corrected chi connectivity index (χ1v) is 6.59. The third kappa shape index (κ3) is 2.83. The zero-order chi connectivity index (χ0) is 13.2. The number of hydrogen-bond donors (Lipinski definition) is 1. The Bertz CT molecular complexity index is 581. The zero-order valence-corrected chi connectivity index (χ0v) is 10.9. The van der Waals surface area contributed by atoms with E-state index in [9.17, 15) is 4.79 Å². The summed E-state index contributed by atoms with van der Waals surface area (Å²) in [7, 11) is 0. The maximum Gasteiger partial charge on any atom is 0.227 e. The van der Waals surface area contributed by atoms with Crippen LogP contribution in [0.5, 0.6) is 0 Å². The van der Waals surface area contributed by atoms with Crippen molar-refractivity contribution in [2.45, 2.75) is 32.9 Å². The molecule has 0 aromatic carbocycles. The van der Waals surface area contributed by atoms with Crippen molar-refractivity contribution in [1.29, 1.82) is 0 Å². The standard InChI is InChI=1S/C13H17N5O/c1-2-17-7-10(5-14-17)8-18-9-12(6-15-18)16-13(19)11-3-4-11/h5-7,9,11H,2-4,8H2,1H3,(H,16,19). The lowest BCUT2D eigenvalue weighted by molar-refractivity contribution is -0.117. The van der Waals surface area contributed by atoms with Gasteiger partial charge in [-0.3, -0.25) is 14.2 Å². The molecule has 1 aliphatic rings. The van der Waals surface area contributed by atoms with Gasteiger partial charge in [0.2, 0.25) is 5.91 Å². The normalized spacial score (nSPS) is 14.6. The molecule has 2 aromatic heterocycles. The third-order valence-corrected chi connectivity index (χ3v) is 3.20. The average molecular weight is 259 g/mol. The number of nitrogens with zero attached hydrogens (tertiary/aromatic N) is 4. The third-order valence-electron chi connectivity index (χ3n) is 3.20. The van der Waals surface area contributed by atoms with Gasteiger partial charge in [-0.05, 0) is 19.8 Å². The number of anilines is 1. The second-order valence-electron chi connectivity index (χ2n) is 4.89. The Kier molecular flexibility index (Phi) is 3.06. The van der Waals surface area contributed by atoms with E-state index >= 15 is 0 Å². The number of rotatable bonds is 5. The van der Waals surface area contributed by atoms with Gasteiger partial charge in [0.25, 0.3) is 0 Å². The highest BCUT2D eigenvalue weighted by Gasteiger charge is 2.29. The molecule has 0 unspecified atom stereocenters. The number of carbonyl (C=O) groups excluding carboxylic acids is 1. The van der Waals surface area contributed by atoms with Crippen LogP contribution >= 0.6 is 0 Å². The monoisotopic (exact) mass is 259 g/mol. The van der Waals surface area contributed by atoms with Gasteiger partial charge in [-0.25, -0.2) is 0 Å². The van der Waals surface area contributed by atoms with Crippen molar-refractivity contribution in [2.75, 3.05) is 5.32 Å². The van der Waals surface area contributed by atoms with Gasteiger partial charge in [-0.15, -0.1) is 0 Å². The molecule has 2 aromatic rings. The molecular weight excluding hydrogens is 242 g/mol. The molecule has 1 amide bonds. The Balaban J connectivity index is 1.62. The van der Waals surface area contributed by atoms with Crippen molar-refractivity contribution in [3.05, 3.63) is 30.4 Å². The average Bonchev–Trinajstić information content (AvgIpc) is 3.03. The summed E-state index contributed by atoms with van der Waals surface area (Å²) in [6.07, 6.45) is 9.40. The van der Waals surface area contributed by atoms with Crippen LogP contribution in [0.15, 0.2) is 24.8 Å². The van der Waals surface area contributed by atoms with Gasteiger partial charge < -0.3 is 5.32 Å². The number of aryl methyl sites for hydroxylation is 1. The minimum Gasteiger partial charge on any atom is -0.323 e. The SMILES string of the molecule is CCn1cc(Cn2cc(NC(=O)C3CC3)cn2)cn1. The van der Waals surface area contributed by atoms with Crippen molar-refractivity contribution in [2.24, 2.45) is 5.92 Å². The van der Waals surface area contributed by atoms with Gasteiger partial charge in [0, 0.05) is 30.4 Å². The first-order valence-electron chi connectivity index (χ1n) is 6.59. The molecule has 1 fully saturated rings. The van der Waals surface area contributed by atoms with E-state index in [0.29, 0.717) is 6.54 Å². The van der Waals surface area contributed by atoms with E-state index in [-0.39, 0.29) is 11.8 Å². The van der Waals surface area contributed by atoms with Crippen LogP contribution in [0.25, 0.3) is 0 Å². The van der Waals surface area contributed by atoms with Gasteiger partial charge >= 0.3 is 0 Å². The summed E-state index contributed by atoms with van der Waals surface area (Å²) in [4.78, 5) is 11.6. The topological polar surface area (TPSA) is 64.7 Å². The van der Waals surface area contributed by atoms with Crippen molar-refractivity contribution in [1.82, 2.24) is 19.6 Å². The molecule has 0 radical (unpaired) electrons. The number of nitrogens with one attached hydrogen (secondary N) is 1. The smallest absolute Gasteiger partial charge is 0.227 e. The lowest BCUT2D eigenvalue weighted by Crippen LogP contribution is -2.12. The molecular formula is C13H17N5O. The maximum absolute atomic E-state index is 11.6. The van der Waals surface area contributed by atoms with Crippen LogP contribution in [0.2, 0.25) is 0 Å². The Labute approximate surface area is 111 Å². The molecule has 6 heteroatoms. The number of hydrogen-bond acceptors (Lipinski definition) is 3. The van der Waals surface area contributed by atoms with Crippen LogP contribution in [0.1, 0.15) is 25.3 Å². The predicted octanol–water partition coefficient (Wildman–Crippen LogP) is 1.50. The fourth-order valence-corrected chi connectivity index (χ4v) is 1.95. The highest BCUT2D eigenvalue weighted by atomic mass is 16.2. The van der Waals surface area contributed by atoms with E-state index in [1.807, 2.05) is 23.3 Å². The summed E-state index contributed by atoms with van der Waals surface area (Å²) in [6, 6.07) is 0. The minimum atomic E-state index is 0.110. The van der Waals surface area contributed by atoms with Crippen molar-refractivity contribution < 1.29 is 4.79 Å². The highest BCUT2D eigenvalue weighted by Crippen LogP contribution is 2.30. The van der Waals surface area contributed by atoms with Crippen molar-refractivity contribution >= 4 is 11.6 Å². The highest BCUT2D eigenvalue weighted by molar-refractivity contribution is 5.93. The van der Waals surface area contributed by atoms with Crippen molar-refractivity contribution in [3.8, 4) is 0 Å². The fourth-order valence-electron chi connectivity index (χ4n) is 1.95. The molecule has 2 heterocycles. The van der Waals surface area contributed by atoms with E-state index in [1.54, 1.807) is 10.9 Å². The van der Waals surface area contributed by atoms with Crippen LogP contribution in [0, 0.1) is 5.92 Å². The molecule has 0 bridgehead atoms. The van der Waals surface area contributed by atoms with Gasteiger partial charge in [0.05, 0.1) is 24.6 Å². The van der Waals surface area contributed by atoms with Gasteiger partial charge in [-0.1, -0.05) is 0 Å². The quantitative estimate of drug-likeness (QED) is 0.885. The largest absolute Gasteiger partial charge is 0.323 e. The van der Waals surface area contributed by atoms with Crippen molar-refractivity contribution in [3.63, 3.8) is 0 Å². The fraction of sp³-hybridized carbons (Fsp3) is 0.462. The number of carbonyl (C=O) groups is 1. The summed E-state index contributed by atoms with van der Waals surface area (Å²) >= 11 is 0. The van der Waals surface area contributed by atoms with Gasteiger partial charge in [0.1, 0.15) is 0 Å². The first-order chi connectivity index (χ1) is 9.24. The molecule has 0 spiro atoms. The van der Waals surface area contributed by atoms with Crippen LogP contribution in [-0.4, -0.2) is 25.5 Å². The van der Waals surface area contributed by atoms with Gasteiger partial charge in [0.15, 0.2) is 0 Å². The second kappa shape index (κ2) is 4.87. The van der Waals surface area contributed by atoms with E-state index in [4.69, 9.17) is 0 Å². The maximum atomic E-state index is 11.6. The Hall–Kier alpha value is -2.11. The number of aromatic nitrogens is 4. The zero-order valence-electron chi connectivity index (χ0n) is 10.9. The van der Waals surface area contributed by atoms with E-state index in [0.717, 1.165) is 30.6 Å². The van der Waals surface area contributed by atoms with E-state index < -0.39 is 0 Å². The molecule has 1 N–H and O–H groups in total. The second-order valence-corrected chi connectivity index (χ2v) is 4.89. The van der Waals surface area contributed by atoms with Crippen LogP contribution in [-0.2, 0) is 17.9 Å². The Morgan fingerprint density at radius 1 is 1.32 bits per heavy atom. The van der Waals surface area contributed by atoms with Crippen LogP contribution < -0.4 is 5.32 Å². The molecule has 3 rings (SSSR count). The molecule has 1 saturated carbocycles. The van der Waals surface area contributed by atoms with E-state index in [2.05, 4.69) is 22.4 Å². The summed E-state index contributed by atoms with van der Waals surface area (Å²) in [5.74, 6) is 0.324. The molecule has 6 nitrogen and oxygen atoms in total. The Morgan fingerprint density at radius 2 is 2.11 bits per heavy atom. The van der Waals surface area contributed by atoms with Crippen LogP contribution in [0.4, 0.5) is 5.69 Å². The lowest BCUT2D eigenvalue weighted by atomic mass is 10.3. The molecule has 0 atom stereocenters. The predicted molar refractivity (Wildman–Crippen MR) is 70.6 cm³/mol. The molecule has 1 aliphatic carbocycles. The number of amides is 1. The molecule has 0 aliphatic heterocycles. The summed E-state index contributed by atoms with van der Waals surface area (Å²) in [5, 5.41) is 11.4. The summed E-state index contributed by atoms with van der Waals surface area (Å²) in [5.41, 5.74) is 1.87. The lowest BCUT2D eigenvalue weighted by Gasteiger charge is -1.99. The Morgan fingerprint density at radius 3 is 2.79 bits per heavy atom. The van der Waals surface area contributed by atoms with Gasteiger partial charge in [-0.2, -0.15) is 10.2 Å². The minimum absolute atomic E-state index is 0.110.